The van der Waals surface area contributed by atoms with Gasteiger partial charge in [-0.2, -0.15) is 0 Å². The number of aryl methyl sites for hydroxylation is 1. The number of methoxy groups -OCH3 is 1. The van der Waals surface area contributed by atoms with Crippen molar-refractivity contribution in [3.63, 3.8) is 0 Å². The summed E-state index contributed by atoms with van der Waals surface area (Å²) in [7, 11) is 1.43. The third-order valence-electron chi connectivity index (χ3n) is 5.38. The summed E-state index contributed by atoms with van der Waals surface area (Å²) in [5.74, 6) is -0.177. The quantitative estimate of drug-likeness (QED) is 0.543. The molecule has 4 N–H and O–H groups in total. The molecule has 0 fully saturated rings. The van der Waals surface area contributed by atoms with Crippen molar-refractivity contribution in [2.75, 3.05) is 13.7 Å². The monoisotopic (exact) mass is 376 g/mol. The molecule has 0 radical (unpaired) electrons. The fraction of sp³-hybridized carbons (Fsp3) is 0.591. The molecule has 2 unspecified atom stereocenters. The minimum atomic E-state index is -0.726. The number of nitrogens with two attached hydrogens (primary N) is 1. The molecular weight excluding hydrogens is 340 g/mol. The molecule has 0 heterocycles. The second-order valence-corrected chi connectivity index (χ2v) is 7.68. The minimum Gasteiger partial charge on any atom is -0.469 e. The van der Waals surface area contributed by atoms with Crippen molar-refractivity contribution in [2.24, 2.45) is 17.1 Å². The van der Waals surface area contributed by atoms with E-state index in [0.717, 1.165) is 35.4 Å². The van der Waals surface area contributed by atoms with E-state index in [1.165, 1.54) is 7.11 Å². The first-order valence-corrected chi connectivity index (χ1v) is 9.69. The van der Waals surface area contributed by atoms with Gasteiger partial charge in [0.1, 0.15) is 0 Å². The van der Waals surface area contributed by atoms with Crippen LogP contribution in [0, 0.1) is 18.3 Å². The molecule has 152 valence electrons. The summed E-state index contributed by atoms with van der Waals surface area (Å²) in [5, 5.41) is 12.8. The maximum Gasteiger partial charge on any atom is 0.311 e. The molecule has 0 aliphatic heterocycles. The first kappa shape index (κ1) is 23.0. The van der Waals surface area contributed by atoms with Crippen molar-refractivity contribution < 1.29 is 14.6 Å². The molecule has 1 rings (SSSR count). The van der Waals surface area contributed by atoms with Crippen LogP contribution in [-0.4, -0.2) is 24.7 Å². The van der Waals surface area contributed by atoms with Gasteiger partial charge in [0.2, 0.25) is 0 Å². The highest BCUT2D eigenvalue weighted by atomic mass is 16.5. The summed E-state index contributed by atoms with van der Waals surface area (Å²) < 4.78 is 5.12. The van der Waals surface area contributed by atoms with Crippen molar-refractivity contribution in [3.05, 3.63) is 46.8 Å². The summed E-state index contributed by atoms with van der Waals surface area (Å²) in [5.41, 5.74) is 9.21. The van der Waals surface area contributed by atoms with Crippen LogP contribution in [0.5, 0.6) is 0 Å². The van der Waals surface area contributed by atoms with Crippen LogP contribution in [0.4, 0.5) is 0 Å². The second-order valence-electron chi connectivity index (χ2n) is 7.68. The number of nitrogens with one attached hydrogen (secondary N) is 1. The standard InChI is InChI=1S/C22H36N2O3/c1-7-16(12-19(23)13-24-8-2)20(22(4,5)21(26)27-6)17-10-9-15(3)18(11-17)14-25/h9-11,13,16,20,24-25H,7-8,12,14,23H2,1-6H3/b19-13-. The Balaban J connectivity index is 3.42. The molecule has 0 amide bonds. The third kappa shape index (κ3) is 5.73. The molecule has 1 aromatic carbocycles. The molecule has 0 aliphatic carbocycles. The Morgan fingerprint density at radius 3 is 2.56 bits per heavy atom. The van der Waals surface area contributed by atoms with E-state index in [4.69, 9.17) is 10.5 Å². The first-order valence-electron chi connectivity index (χ1n) is 9.69. The first-order chi connectivity index (χ1) is 12.7. The number of hydrogen-bond donors (Lipinski definition) is 3. The molecule has 0 aliphatic rings. The Kier molecular flexibility index (Phi) is 8.83. The van der Waals surface area contributed by atoms with E-state index < -0.39 is 5.41 Å². The maximum absolute atomic E-state index is 12.6. The number of carbonyl (C=O) groups is 1. The third-order valence-corrected chi connectivity index (χ3v) is 5.38. The Bertz CT molecular complexity index is 653. The van der Waals surface area contributed by atoms with Gasteiger partial charge >= 0.3 is 5.97 Å². The molecule has 0 saturated carbocycles. The zero-order valence-electron chi connectivity index (χ0n) is 17.6. The molecule has 1 aromatic rings. The molecule has 2 atom stereocenters. The second kappa shape index (κ2) is 10.4. The van der Waals surface area contributed by atoms with Crippen molar-refractivity contribution >= 4 is 5.97 Å². The predicted molar refractivity (Wildman–Crippen MR) is 110 cm³/mol. The van der Waals surface area contributed by atoms with Gasteiger partial charge in [-0.1, -0.05) is 31.5 Å². The van der Waals surface area contributed by atoms with Gasteiger partial charge in [-0.3, -0.25) is 4.79 Å². The van der Waals surface area contributed by atoms with Gasteiger partial charge in [0, 0.05) is 24.4 Å². The lowest BCUT2D eigenvalue weighted by Gasteiger charge is -2.38. The van der Waals surface area contributed by atoms with E-state index in [9.17, 15) is 9.90 Å². The zero-order valence-corrected chi connectivity index (χ0v) is 17.6. The highest BCUT2D eigenvalue weighted by Gasteiger charge is 2.42. The summed E-state index contributed by atoms with van der Waals surface area (Å²) in [6, 6.07) is 6.07. The van der Waals surface area contributed by atoms with E-state index in [-0.39, 0.29) is 24.4 Å². The average molecular weight is 377 g/mol. The van der Waals surface area contributed by atoms with Gasteiger partial charge in [-0.25, -0.2) is 0 Å². The van der Waals surface area contributed by atoms with Crippen LogP contribution in [0.2, 0.25) is 0 Å². The fourth-order valence-electron chi connectivity index (χ4n) is 3.82. The Morgan fingerprint density at radius 2 is 2.04 bits per heavy atom. The molecule has 0 spiro atoms. The van der Waals surface area contributed by atoms with Gasteiger partial charge in [-0.15, -0.1) is 0 Å². The van der Waals surface area contributed by atoms with Crippen molar-refractivity contribution in [1.82, 2.24) is 5.32 Å². The van der Waals surface area contributed by atoms with E-state index in [0.29, 0.717) is 6.42 Å². The van der Waals surface area contributed by atoms with Crippen LogP contribution >= 0.6 is 0 Å². The number of aliphatic hydroxyl groups is 1. The number of esters is 1. The molecule has 5 nitrogen and oxygen atoms in total. The normalized spacial score (nSPS) is 14.6. The van der Waals surface area contributed by atoms with Crippen LogP contribution in [0.3, 0.4) is 0 Å². The number of benzene rings is 1. The van der Waals surface area contributed by atoms with E-state index in [1.54, 1.807) is 0 Å². The molecule has 5 heteroatoms. The highest BCUT2D eigenvalue weighted by molar-refractivity contribution is 5.77. The molecular formula is C22H36N2O3. The molecule has 0 saturated heterocycles. The van der Waals surface area contributed by atoms with Gasteiger partial charge in [-0.05, 0) is 56.7 Å². The number of allylic oxidation sites excluding steroid dienone is 1. The van der Waals surface area contributed by atoms with Crippen LogP contribution in [0.1, 0.15) is 63.1 Å². The lowest BCUT2D eigenvalue weighted by molar-refractivity contribution is -0.153. The predicted octanol–water partition coefficient (Wildman–Crippen LogP) is 3.60. The van der Waals surface area contributed by atoms with Gasteiger partial charge in [0.25, 0.3) is 0 Å². The van der Waals surface area contributed by atoms with Gasteiger partial charge < -0.3 is 20.9 Å². The summed E-state index contributed by atoms with van der Waals surface area (Å²) >= 11 is 0. The number of aliphatic hydroxyl groups excluding tert-OH is 1. The SMILES string of the molecule is CCN/C=C(\N)CC(CC)C(c1ccc(C)c(CO)c1)C(C)(C)C(=O)OC. The molecule has 0 aromatic heterocycles. The van der Waals surface area contributed by atoms with Crippen molar-refractivity contribution in [3.8, 4) is 0 Å². The van der Waals surface area contributed by atoms with Gasteiger partial charge in [0.15, 0.2) is 0 Å². The van der Waals surface area contributed by atoms with E-state index in [1.807, 2.05) is 46.0 Å². The lowest BCUT2D eigenvalue weighted by Crippen LogP contribution is -2.37. The Morgan fingerprint density at radius 1 is 1.37 bits per heavy atom. The molecule has 0 bridgehead atoms. The topological polar surface area (TPSA) is 84.6 Å². The van der Waals surface area contributed by atoms with E-state index >= 15 is 0 Å². The number of rotatable bonds is 10. The fourth-order valence-corrected chi connectivity index (χ4v) is 3.82. The lowest BCUT2D eigenvalue weighted by atomic mass is 9.66. The summed E-state index contributed by atoms with van der Waals surface area (Å²) in [4.78, 5) is 12.6. The number of carbonyl (C=O) groups excluding carboxylic acids is 1. The van der Waals surface area contributed by atoms with Crippen LogP contribution in [-0.2, 0) is 16.1 Å². The van der Waals surface area contributed by atoms with Crippen molar-refractivity contribution in [1.29, 1.82) is 0 Å². The summed E-state index contributed by atoms with van der Waals surface area (Å²) in [6.07, 6.45) is 3.39. The van der Waals surface area contributed by atoms with Crippen LogP contribution < -0.4 is 11.1 Å². The minimum absolute atomic E-state index is 0.0235. The highest BCUT2D eigenvalue weighted by Crippen LogP contribution is 2.45. The van der Waals surface area contributed by atoms with Crippen LogP contribution in [0.15, 0.2) is 30.1 Å². The maximum atomic E-state index is 12.6. The van der Waals surface area contributed by atoms with Crippen LogP contribution in [0.25, 0.3) is 0 Å². The summed E-state index contributed by atoms with van der Waals surface area (Å²) in [6.45, 7) is 10.8. The Labute approximate surface area is 164 Å². The Hall–Kier alpha value is -2.01. The van der Waals surface area contributed by atoms with E-state index in [2.05, 4.69) is 18.3 Å². The molecule has 27 heavy (non-hydrogen) atoms. The zero-order chi connectivity index (χ0) is 20.6. The largest absolute Gasteiger partial charge is 0.469 e. The number of ether oxygens (including phenoxy) is 1. The smallest absolute Gasteiger partial charge is 0.311 e. The average Bonchev–Trinajstić information content (AvgIpc) is 2.65. The van der Waals surface area contributed by atoms with Crippen molar-refractivity contribution in [2.45, 2.75) is 60.0 Å². The number of hydrogen-bond acceptors (Lipinski definition) is 5. The van der Waals surface area contributed by atoms with Gasteiger partial charge in [0.05, 0.1) is 19.1 Å².